The van der Waals surface area contributed by atoms with Crippen LogP contribution in [-0.2, 0) is 9.47 Å². The van der Waals surface area contributed by atoms with Gasteiger partial charge in [0.15, 0.2) is 5.78 Å². The fourth-order valence-electron chi connectivity index (χ4n) is 1.47. The third-order valence-electron chi connectivity index (χ3n) is 2.22. The summed E-state index contributed by atoms with van der Waals surface area (Å²) in [5.74, 6) is -0.0720. The van der Waals surface area contributed by atoms with Crippen molar-refractivity contribution >= 4 is 17.4 Å². The van der Waals surface area contributed by atoms with Gasteiger partial charge in [0.05, 0.1) is 19.8 Å². The van der Waals surface area contributed by atoms with Gasteiger partial charge in [-0.3, -0.25) is 4.79 Å². The minimum atomic E-state index is -0.489. The molecule has 0 saturated carbocycles. The van der Waals surface area contributed by atoms with Gasteiger partial charge < -0.3 is 9.47 Å². The number of ketones is 1. The maximum atomic E-state index is 11.9. The number of carbonyl (C=O) groups is 1. The molecule has 1 aromatic carbocycles. The Morgan fingerprint density at radius 3 is 2.93 bits per heavy atom. The lowest BCUT2D eigenvalue weighted by Gasteiger charge is -2.21. The fraction of sp³-hybridized carbons (Fsp3) is 0.364. The van der Waals surface area contributed by atoms with Crippen molar-refractivity contribution in [2.24, 2.45) is 0 Å². The maximum Gasteiger partial charge on any atom is 0.193 e. The predicted molar refractivity (Wildman–Crippen MR) is 56.3 cm³/mol. The highest BCUT2D eigenvalue weighted by molar-refractivity contribution is 6.31. The average Bonchev–Trinajstić information content (AvgIpc) is 2.29. The van der Waals surface area contributed by atoms with Crippen LogP contribution < -0.4 is 0 Å². The number of hydrogen-bond donors (Lipinski definition) is 0. The van der Waals surface area contributed by atoms with Gasteiger partial charge in [0.1, 0.15) is 6.10 Å². The van der Waals surface area contributed by atoms with Gasteiger partial charge in [0.2, 0.25) is 0 Å². The molecular weight excluding hydrogens is 216 g/mol. The highest BCUT2D eigenvalue weighted by Crippen LogP contribution is 2.14. The monoisotopic (exact) mass is 226 g/mol. The summed E-state index contributed by atoms with van der Waals surface area (Å²) < 4.78 is 10.5. The first-order valence-corrected chi connectivity index (χ1v) is 5.14. The Labute approximate surface area is 92.9 Å². The van der Waals surface area contributed by atoms with Gasteiger partial charge in [-0.15, -0.1) is 0 Å². The lowest BCUT2D eigenvalue weighted by molar-refractivity contribution is -0.0719. The van der Waals surface area contributed by atoms with Gasteiger partial charge in [-0.25, -0.2) is 0 Å². The molecule has 1 heterocycles. The Morgan fingerprint density at radius 2 is 2.27 bits per heavy atom. The Morgan fingerprint density at radius 1 is 1.40 bits per heavy atom. The van der Waals surface area contributed by atoms with Crippen LogP contribution in [0.2, 0.25) is 5.02 Å². The van der Waals surface area contributed by atoms with E-state index in [0.717, 1.165) is 0 Å². The molecule has 1 aromatic rings. The van der Waals surface area contributed by atoms with Crippen molar-refractivity contribution in [2.45, 2.75) is 6.10 Å². The molecule has 1 saturated heterocycles. The van der Waals surface area contributed by atoms with Gasteiger partial charge in [0.25, 0.3) is 0 Å². The number of Topliss-reactive ketones (excluding diaryl/α,β-unsaturated/α-hetero) is 1. The summed E-state index contributed by atoms with van der Waals surface area (Å²) in [6.07, 6.45) is -0.489. The summed E-state index contributed by atoms with van der Waals surface area (Å²) in [6.45, 7) is 1.35. The van der Waals surface area contributed by atoms with Crippen LogP contribution in [0.4, 0.5) is 0 Å². The molecule has 1 aliphatic heterocycles. The van der Waals surface area contributed by atoms with Gasteiger partial charge >= 0.3 is 0 Å². The quantitative estimate of drug-likeness (QED) is 0.723. The molecule has 0 N–H and O–H groups in total. The van der Waals surface area contributed by atoms with Crippen molar-refractivity contribution in [3.05, 3.63) is 34.9 Å². The Kier molecular flexibility index (Phi) is 3.36. The zero-order chi connectivity index (χ0) is 10.7. The molecule has 0 aliphatic carbocycles. The molecule has 2 rings (SSSR count). The van der Waals surface area contributed by atoms with Crippen molar-refractivity contribution in [2.75, 3.05) is 19.8 Å². The molecular formula is C11H11ClO3. The van der Waals surface area contributed by atoms with E-state index >= 15 is 0 Å². The van der Waals surface area contributed by atoms with Crippen LogP contribution in [0.1, 0.15) is 10.4 Å². The molecule has 0 aromatic heterocycles. The van der Waals surface area contributed by atoms with Crippen LogP contribution >= 0.6 is 11.6 Å². The molecule has 1 fully saturated rings. The molecule has 1 aliphatic rings. The molecule has 0 radical (unpaired) electrons. The molecule has 4 heteroatoms. The molecule has 15 heavy (non-hydrogen) atoms. The van der Waals surface area contributed by atoms with Crippen molar-refractivity contribution < 1.29 is 14.3 Å². The van der Waals surface area contributed by atoms with E-state index in [1.807, 2.05) is 0 Å². The van der Waals surface area contributed by atoms with Crippen molar-refractivity contribution in [3.8, 4) is 0 Å². The van der Waals surface area contributed by atoms with Crippen LogP contribution in [-0.4, -0.2) is 31.7 Å². The van der Waals surface area contributed by atoms with Crippen LogP contribution in [0.15, 0.2) is 24.3 Å². The van der Waals surface area contributed by atoms with E-state index in [-0.39, 0.29) is 5.78 Å². The summed E-state index contributed by atoms with van der Waals surface area (Å²) >= 11 is 5.80. The lowest BCUT2D eigenvalue weighted by atomic mass is 10.1. The van der Waals surface area contributed by atoms with E-state index in [1.54, 1.807) is 24.3 Å². The van der Waals surface area contributed by atoms with Crippen molar-refractivity contribution in [1.82, 2.24) is 0 Å². The zero-order valence-electron chi connectivity index (χ0n) is 8.11. The predicted octanol–water partition coefficient (Wildman–Crippen LogP) is 1.94. The summed E-state index contributed by atoms with van der Waals surface area (Å²) in [5, 5.41) is 0.553. The molecule has 0 amide bonds. The molecule has 0 bridgehead atoms. The van der Waals surface area contributed by atoms with Crippen LogP contribution in [0.3, 0.4) is 0 Å². The van der Waals surface area contributed by atoms with E-state index in [9.17, 15) is 4.79 Å². The Balaban J connectivity index is 2.12. The summed E-state index contributed by atoms with van der Waals surface area (Å²) in [5.41, 5.74) is 0.568. The Hall–Kier alpha value is -0.900. The van der Waals surface area contributed by atoms with Crippen molar-refractivity contribution in [1.29, 1.82) is 0 Å². The average molecular weight is 227 g/mol. The number of halogens is 1. The standard InChI is InChI=1S/C11H11ClO3/c12-9-3-1-2-8(6-9)11(13)10-7-14-4-5-15-10/h1-3,6,10H,4-5,7H2. The minimum Gasteiger partial charge on any atom is -0.376 e. The Bertz CT molecular complexity index is 359. The normalized spacial score (nSPS) is 21.3. The number of ether oxygens (including phenoxy) is 2. The van der Waals surface area contributed by atoms with E-state index in [2.05, 4.69) is 0 Å². The van der Waals surface area contributed by atoms with Gasteiger partial charge in [0, 0.05) is 10.6 Å². The second kappa shape index (κ2) is 4.75. The summed E-state index contributed by atoms with van der Waals surface area (Å²) in [6, 6.07) is 6.85. The number of rotatable bonds is 2. The first-order chi connectivity index (χ1) is 7.27. The van der Waals surface area contributed by atoms with Crippen LogP contribution in [0.5, 0.6) is 0 Å². The second-order valence-corrected chi connectivity index (χ2v) is 3.75. The maximum absolute atomic E-state index is 11.9. The van der Waals surface area contributed by atoms with Gasteiger partial charge in [-0.05, 0) is 12.1 Å². The molecule has 3 nitrogen and oxygen atoms in total. The van der Waals surface area contributed by atoms with E-state index < -0.39 is 6.10 Å². The van der Waals surface area contributed by atoms with Crippen LogP contribution in [0.25, 0.3) is 0 Å². The molecule has 1 unspecified atom stereocenters. The SMILES string of the molecule is O=C(c1cccc(Cl)c1)C1COCCO1. The number of benzene rings is 1. The third-order valence-corrected chi connectivity index (χ3v) is 2.45. The minimum absolute atomic E-state index is 0.0720. The first-order valence-electron chi connectivity index (χ1n) is 4.76. The highest BCUT2D eigenvalue weighted by Gasteiger charge is 2.23. The lowest BCUT2D eigenvalue weighted by Crippen LogP contribution is -2.35. The van der Waals surface area contributed by atoms with E-state index in [4.69, 9.17) is 21.1 Å². The number of carbonyl (C=O) groups excluding carboxylic acids is 1. The molecule has 80 valence electrons. The van der Waals surface area contributed by atoms with Gasteiger partial charge in [-0.1, -0.05) is 23.7 Å². The largest absolute Gasteiger partial charge is 0.376 e. The molecule has 1 atom stereocenters. The first kappa shape index (κ1) is 10.6. The summed E-state index contributed by atoms with van der Waals surface area (Å²) in [7, 11) is 0. The zero-order valence-corrected chi connectivity index (χ0v) is 8.87. The fourth-order valence-corrected chi connectivity index (χ4v) is 1.66. The number of hydrogen-bond acceptors (Lipinski definition) is 3. The molecule has 0 spiro atoms. The van der Waals surface area contributed by atoms with E-state index in [0.29, 0.717) is 30.4 Å². The highest BCUT2D eigenvalue weighted by atomic mass is 35.5. The van der Waals surface area contributed by atoms with Crippen molar-refractivity contribution in [3.63, 3.8) is 0 Å². The van der Waals surface area contributed by atoms with Crippen LogP contribution in [0, 0.1) is 0 Å². The third kappa shape index (κ3) is 2.56. The summed E-state index contributed by atoms with van der Waals surface area (Å²) in [4.78, 5) is 11.9. The van der Waals surface area contributed by atoms with E-state index in [1.165, 1.54) is 0 Å². The van der Waals surface area contributed by atoms with Gasteiger partial charge in [-0.2, -0.15) is 0 Å². The smallest absolute Gasteiger partial charge is 0.193 e. The second-order valence-electron chi connectivity index (χ2n) is 3.31. The topological polar surface area (TPSA) is 35.5 Å².